The quantitative estimate of drug-likeness (QED) is 0.520. The Morgan fingerprint density at radius 1 is 0.724 bits per heavy atom. The number of hydrogen-bond donors (Lipinski definition) is 2. The molecule has 2 N–H and O–H groups in total. The van der Waals surface area contributed by atoms with E-state index < -0.39 is 21.6 Å². The van der Waals surface area contributed by atoms with Crippen LogP contribution in [0, 0.1) is 0 Å². The molecule has 0 bridgehead atoms. The van der Waals surface area contributed by atoms with Crippen molar-refractivity contribution in [3.05, 3.63) is 108 Å². The Labute approximate surface area is 172 Å². The molecule has 2 unspecified atom stereocenters. The Hall–Kier alpha value is -2.51. The second-order valence-electron chi connectivity index (χ2n) is 7.01. The summed E-state index contributed by atoms with van der Waals surface area (Å²) in [5.41, 5.74) is 1.17. The van der Waals surface area contributed by atoms with Crippen molar-refractivity contribution < 1.29 is 18.1 Å². The van der Waals surface area contributed by atoms with E-state index in [0.717, 1.165) is 16.7 Å². The van der Waals surface area contributed by atoms with Gasteiger partial charge in [-0.1, -0.05) is 91.0 Å². The molecule has 0 aliphatic carbocycles. The largest absolute Gasteiger partial charge is 0.375 e. The highest BCUT2D eigenvalue weighted by Gasteiger charge is 2.29. The van der Waals surface area contributed by atoms with Crippen LogP contribution in [0.4, 0.5) is 0 Å². The van der Waals surface area contributed by atoms with E-state index in [-0.39, 0.29) is 6.42 Å². The minimum Gasteiger partial charge on any atom is -0.375 e. The lowest BCUT2D eigenvalue weighted by atomic mass is 10.00. The summed E-state index contributed by atoms with van der Waals surface area (Å²) in [5, 5.41) is 10.1. The minimum absolute atomic E-state index is 0.136. The maximum absolute atomic E-state index is 11.5. The van der Waals surface area contributed by atoms with Crippen LogP contribution in [0.25, 0.3) is 0 Å². The molecule has 152 valence electrons. The Balaban J connectivity index is 1.98. The average Bonchev–Trinajstić information content (AvgIpc) is 2.73. The second-order valence-corrected chi connectivity index (χ2v) is 8.58. The number of hydrogen-bond acceptors (Lipinski definition) is 4. The van der Waals surface area contributed by atoms with E-state index in [1.54, 1.807) is 0 Å². The Morgan fingerprint density at radius 2 is 1.14 bits per heavy atom. The van der Waals surface area contributed by atoms with Crippen molar-refractivity contribution in [2.24, 2.45) is 0 Å². The zero-order chi connectivity index (χ0) is 20.7. The van der Waals surface area contributed by atoms with Crippen LogP contribution in [0.3, 0.4) is 0 Å². The lowest BCUT2D eigenvalue weighted by Gasteiger charge is -2.33. The van der Waals surface area contributed by atoms with Gasteiger partial charge in [0.2, 0.25) is 0 Å². The molecule has 0 saturated carbocycles. The van der Waals surface area contributed by atoms with Crippen molar-refractivity contribution in [2.75, 3.05) is 0 Å². The molecule has 0 aliphatic rings. The molecule has 0 saturated heterocycles. The van der Waals surface area contributed by atoms with Crippen LogP contribution < -0.4 is 0 Å². The molecular formula is C23H25NO4S. The lowest BCUT2D eigenvalue weighted by molar-refractivity contribution is 0.123. The number of nitrogens with zero attached hydrogens (tertiary/aromatic N) is 1. The number of rotatable bonds is 9. The predicted molar refractivity (Wildman–Crippen MR) is 113 cm³/mol. The fourth-order valence-electron chi connectivity index (χ4n) is 3.40. The van der Waals surface area contributed by atoms with Crippen molar-refractivity contribution >= 4 is 10.1 Å². The van der Waals surface area contributed by atoms with Crippen molar-refractivity contribution in [1.82, 2.24) is 4.90 Å². The normalized spacial score (nSPS) is 13.9. The SMILES string of the molecule is O=S(=O)(O)C(O)CC(c1ccccc1)N(Cc1ccccc1)Cc1ccccc1. The van der Waals surface area contributed by atoms with E-state index in [4.69, 9.17) is 0 Å². The Morgan fingerprint density at radius 3 is 1.55 bits per heavy atom. The predicted octanol–water partition coefficient (Wildman–Crippen LogP) is 4.03. The molecular weight excluding hydrogens is 386 g/mol. The third kappa shape index (κ3) is 6.24. The summed E-state index contributed by atoms with van der Waals surface area (Å²) < 4.78 is 32.4. The molecule has 3 rings (SSSR count). The highest BCUT2D eigenvalue weighted by molar-refractivity contribution is 7.86. The molecule has 0 amide bonds. The van der Waals surface area contributed by atoms with Gasteiger partial charge in [-0.25, -0.2) is 0 Å². The highest BCUT2D eigenvalue weighted by atomic mass is 32.2. The molecule has 5 nitrogen and oxygen atoms in total. The van der Waals surface area contributed by atoms with Crippen molar-refractivity contribution in [3.8, 4) is 0 Å². The van der Waals surface area contributed by atoms with Crippen LogP contribution in [0.2, 0.25) is 0 Å². The van der Waals surface area contributed by atoms with Gasteiger partial charge in [0.25, 0.3) is 10.1 Å². The lowest BCUT2D eigenvalue weighted by Crippen LogP contribution is -2.33. The highest BCUT2D eigenvalue weighted by Crippen LogP contribution is 2.30. The molecule has 3 aromatic carbocycles. The molecule has 29 heavy (non-hydrogen) atoms. The third-order valence-electron chi connectivity index (χ3n) is 4.85. The molecule has 6 heteroatoms. The van der Waals surface area contributed by atoms with E-state index >= 15 is 0 Å². The first kappa shape index (κ1) is 21.2. The molecule has 0 heterocycles. The first-order chi connectivity index (χ1) is 13.9. The van der Waals surface area contributed by atoms with Crippen LogP contribution in [0.5, 0.6) is 0 Å². The summed E-state index contributed by atoms with van der Waals surface area (Å²) in [4.78, 5) is 2.12. The van der Waals surface area contributed by atoms with Crippen molar-refractivity contribution in [3.63, 3.8) is 0 Å². The number of benzene rings is 3. The standard InChI is InChI=1S/C23H25NO4S/c25-23(29(26,27)28)16-22(21-14-8-3-9-15-21)24(17-19-10-4-1-5-11-19)18-20-12-6-2-7-13-20/h1-15,22-23,25H,16-18H2,(H,26,27,28). The Bertz CT molecular complexity index is 938. The van der Waals surface area contributed by atoms with Crippen LogP contribution in [0.15, 0.2) is 91.0 Å². The van der Waals surface area contributed by atoms with E-state index in [9.17, 15) is 18.1 Å². The number of aliphatic hydroxyl groups excluding tert-OH is 1. The van der Waals surface area contributed by atoms with Gasteiger partial charge in [-0.2, -0.15) is 8.42 Å². The van der Waals surface area contributed by atoms with E-state index in [2.05, 4.69) is 4.90 Å². The van der Waals surface area contributed by atoms with E-state index in [1.807, 2.05) is 91.0 Å². The van der Waals surface area contributed by atoms with Crippen molar-refractivity contribution in [2.45, 2.75) is 31.0 Å². The second kappa shape index (κ2) is 9.80. The molecule has 0 spiro atoms. The maximum atomic E-state index is 11.5. The average molecular weight is 412 g/mol. The van der Waals surface area contributed by atoms with Crippen LogP contribution in [-0.2, 0) is 23.2 Å². The van der Waals surface area contributed by atoms with Crippen molar-refractivity contribution in [1.29, 1.82) is 0 Å². The third-order valence-corrected chi connectivity index (χ3v) is 5.73. The topological polar surface area (TPSA) is 77.8 Å². The maximum Gasteiger partial charge on any atom is 0.292 e. The summed E-state index contributed by atoms with van der Waals surface area (Å²) in [6, 6.07) is 28.8. The molecule has 0 fully saturated rings. The summed E-state index contributed by atoms with van der Waals surface area (Å²) >= 11 is 0. The van der Waals surface area contributed by atoms with Gasteiger partial charge in [0.05, 0.1) is 0 Å². The fraction of sp³-hybridized carbons (Fsp3) is 0.217. The van der Waals surface area contributed by atoms with Gasteiger partial charge in [-0.3, -0.25) is 9.45 Å². The van der Waals surface area contributed by atoms with Gasteiger partial charge in [-0.15, -0.1) is 0 Å². The first-order valence-corrected chi connectivity index (χ1v) is 10.9. The van der Waals surface area contributed by atoms with Gasteiger partial charge >= 0.3 is 0 Å². The molecule has 3 aromatic rings. The summed E-state index contributed by atoms with van der Waals surface area (Å²) in [7, 11) is -4.56. The van der Waals surface area contributed by atoms with Crippen LogP contribution >= 0.6 is 0 Å². The monoisotopic (exact) mass is 411 g/mol. The molecule has 2 atom stereocenters. The number of aliphatic hydroxyl groups is 1. The van der Waals surface area contributed by atoms with Gasteiger partial charge in [0.1, 0.15) is 0 Å². The summed E-state index contributed by atoms with van der Waals surface area (Å²) in [6.45, 7) is 1.13. The summed E-state index contributed by atoms with van der Waals surface area (Å²) in [5.74, 6) is 0. The fourth-order valence-corrected chi connectivity index (χ4v) is 3.82. The minimum atomic E-state index is -4.56. The molecule has 0 aromatic heterocycles. The van der Waals surface area contributed by atoms with E-state index in [1.165, 1.54) is 0 Å². The zero-order valence-corrected chi connectivity index (χ0v) is 16.8. The zero-order valence-electron chi connectivity index (χ0n) is 16.0. The Kier molecular flexibility index (Phi) is 7.17. The van der Waals surface area contributed by atoms with Crippen LogP contribution in [-0.4, -0.2) is 28.4 Å². The van der Waals surface area contributed by atoms with Gasteiger partial charge in [0.15, 0.2) is 5.44 Å². The smallest absolute Gasteiger partial charge is 0.292 e. The van der Waals surface area contributed by atoms with Gasteiger partial charge < -0.3 is 5.11 Å². The van der Waals surface area contributed by atoms with Gasteiger partial charge in [0, 0.05) is 25.6 Å². The van der Waals surface area contributed by atoms with Crippen LogP contribution in [0.1, 0.15) is 29.2 Å². The first-order valence-electron chi connectivity index (χ1n) is 9.44. The molecule has 0 radical (unpaired) electrons. The summed E-state index contributed by atoms with van der Waals surface area (Å²) in [6.07, 6.45) is -0.136. The van der Waals surface area contributed by atoms with E-state index in [0.29, 0.717) is 13.1 Å². The van der Waals surface area contributed by atoms with Gasteiger partial charge in [-0.05, 0) is 16.7 Å². The molecule has 0 aliphatic heterocycles.